The van der Waals surface area contributed by atoms with Gasteiger partial charge in [-0.1, -0.05) is 0 Å². The number of hydrogen-bond donors (Lipinski definition) is 4. The summed E-state index contributed by atoms with van der Waals surface area (Å²) in [5.74, 6) is -0.872. The number of rotatable bonds is 0. The highest BCUT2D eigenvalue weighted by atomic mass is 16.2. The van der Waals surface area contributed by atoms with Gasteiger partial charge in [0.1, 0.15) is 0 Å². The van der Waals surface area contributed by atoms with Crippen molar-refractivity contribution in [2.75, 3.05) is 0 Å². The number of nitrogens with one attached hydrogen (secondary N) is 4. The molecule has 0 aromatic rings. The Labute approximate surface area is 142 Å². The fourth-order valence-electron chi connectivity index (χ4n) is 2.65. The first-order valence-electron chi connectivity index (χ1n) is 8.33. The van der Waals surface area contributed by atoms with Crippen LogP contribution in [0.4, 0.5) is 0 Å². The fourth-order valence-corrected chi connectivity index (χ4v) is 2.65. The molecule has 1 aliphatic heterocycles. The summed E-state index contributed by atoms with van der Waals surface area (Å²) in [6.45, 7) is 6.96. The molecule has 1 unspecified atom stereocenters. The molecule has 0 aromatic carbocycles. The highest BCUT2D eigenvalue weighted by Crippen LogP contribution is 2.01. The zero-order valence-electron chi connectivity index (χ0n) is 14.8. The lowest BCUT2D eigenvalue weighted by atomic mass is 10.1. The van der Waals surface area contributed by atoms with E-state index in [0.717, 1.165) is 0 Å². The second-order valence-electron chi connectivity index (χ2n) is 6.69. The van der Waals surface area contributed by atoms with Gasteiger partial charge in [-0.2, -0.15) is 0 Å². The number of carbonyl (C=O) groups excluding carboxylic acids is 4. The van der Waals surface area contributed by atoms with Gasteiger partial charge in [0.25, 0.3) is 0 Å². The van der Waals surface area contributed by atoms with Gasteiger partial charge in [-0.3, -0.25) is 19.2 Å². The molecule has 0 saturated carbocycles. The summed E-state index contributed by atoms with van der Waals surface area (Å²) in [4.78, 5) is 47.7. The van der Waals surface area contributed by atoms with Gasteiger partial charge in [-0.05, 0) is 27.7 Å². The van der Waals surface area contributed by atoms with E-state index in [4.69, 9.17) is 0 Å². The van der Waals surface area contributed by atoms with Crippen LogP contribution < -0.4 is 21.3 Å². The molecule has 4 N–H and O–H groups in total. The molecule has 0 aromatic heterocycles. The van der Waals surface area contributed by atoms with E-state index in [1.807, 2.05) is 0 Å². The van der Waals surface area contributed by atoms with Gasteiger partial charge in [-0.15, -0.1) is 0 Å². The summed E-state index contributed by atoms with van der Waals surface area (Å²) < 4.78 is 0. The van der Waals surface area contributed by atoms with Crippen molar-refractivity contribution in [3.05, 3.63) is 0 Å². The highest BCUT2D eigenvalue weighted by Gasteiger charge is 2.20. The number of amides is 4. The van der Waals surface area contributed by atoms with Crippen LogP contribution in [-0.4, -0.2) is 47.8 Å². The maximum absolute atomic E-state index is 11.9. The molecule has 0 radical (unpaired) electrons. The minimum atomic E-state index is -0.325. The molecule has 136 valence electrons. The normalized spacial score (nSPS) is 31.5. The first-order valence-corrected chi connectivity index (χ1v) is 8.33. The van der Waals surface area contributed by atoms with Crippen molar-refractivity contribution in [3.63, 3.8) is 0 Å². The maximum Gasteiger partial charge on any atom is 0.222 e. The zero-order valence-corrected chi connectivity index (χ0v) is 14.8. The Morgan fingerprint density at radius 1 is 0.500 bits per heavy atom. The van der Waals surface area contributed by atoms with Crippen LogP contribution >= 0.6 is 0 Å². The summed E-state index contributed by atoms with van der Waals surface area (Å²) in [6, 6.07) is -1.30. The minimum absolute atomic E-state index is 0.134. The first kappa shape index (κ1) is 19.9. The van der Waals surface area contributed by atoms with Crippen LogP contribution in [0.5, 0.6) is 0 Å². The van der Waals surface area contributed by atoms with Crippen LogP contribution in [0.25, 0.3) is 0 Å². The van der Waals surface area contributed by atoms with Gasteiger partial charge in [-0.25, -0.2) is 0 Å². The molecule has 4 amide bonds. The van der Waals surface area contributed by atoms with Crippen molar-refractivity contribution in [2.24, 2.45) is 0 Å². The molecule has 1 aliphatic rings. The van der Waals surface area contributed by atoms with Gasteiger partial charge in [0.2, 0.25) is 23.6 Å². The lowest BCUT2D eigenvalue weighted by molar-refractivity contribution is -0.124. The summed E-state index contributed by atoms with van der Waals surface area (Å²) in [5.41, 5.74) is 0. The largest absolute Gasteiger partial charge is 0.353 e. The smallest absolute Gasteiger partial charge is 0.222 e. The van der Waals surface area contributed by atoms with Crippen LogP contribution in [0.2, 0.25) is 0 Å². The molecule has 1 saturated heterocycles. The lowest BCUT2D eigenvalue weighted by Crippen LogP contribution is -2.46. The third kappa shape index (κ3) is 7.94. The first-order chi connectivity index (χ1) is 11.2. The number of carbonyl (C=O) groups is 4. The van der Waals surface area contributed by atoms with Crippen molar-refractivity contribution >= 4 is 23.6 Å². The van der Waals surface area contributed by atoms with E-state index >= 15 is 0 Å². The van der Waals surface area contributed by atoms with Crippen molar-refractivity contribution in [2.45, 2.75) is 77.5 Å². The monoisotopic (exact) mass is 340 g/mol. The van der Waals surface area contributed by atoms with Crippen molar-refractivity contribution < 1.29 is 19.2 Å². The molecular weight excluding hydrogens is 312 g/mol. The standard InChI is InChI=1S/C16H28N4O4/c1-9-5-13(21)18-11(3)7-15(23)20-12(4)8-16(24)19-10(2)6-14(22)17-9/h9-12H,5-8H2,1-4H3,(H,17,22)(H,18,21)(H,19,24)(H,20,23)/t9-,10+,11+,12?/m0/s1. The Morgan fingerprint density at radius 3 is 0.833 bits per heavy atom. The predicted molar refractivity (Wildman–Crippen MR) is 88.9 cm³/mol. The summed E-state index contributed by atoms with van der Waals surface area (Å²) in [5, 5.41) is 11.0. The van der Waals surface area contributed by atoms with Gasteiger partial charge < -0.3 is 21.3 Å². The molecule has 1 fully saturated rings. The fraction of sp³-hybridized carbons (Fsp3) is 0.750. The molecule has 24 heavy (non-hydrogen) atoms. The molecule has 8 nitrogen and oxygen atoms in total. The van der Waals surface area contributed by atoms with Crippen LogP contribution in [-0.2, 0) is 19.2 Å². The minimum Gasteiger partial charge on any atom is -0.353 e. The predicted octanol–water partition coefficient (Wildman–Crippen LogP) is -0.421. The van der Waals surface area contributed by atoms with Crippen LogP contribution in [0.3, 0.4) is 0 Å². The van der Waals surface area contributed by atoms with Gasteiger partial charge in [0.05, 0.1) is 0 Å². The topological polar surface area (TPSA) is 116 Å². The maximum atomic E-state index is 11.9. The van der Waals surface area contributed by atoms with E-state index in [1.165, 1.54) is 0 Å². The van der Waals surface area contributed by atoms with Crippen LogP contribution in [0, 0.1) is 0 Å². The second-order valence-corrected chi connectivity index (χ2v) is 6.69. The van der Waals surface area contributed by atoms with Crippen molar-refractivity contribution in [3.8, 4) is 0 Å². The number of hydrogen-bond acceptors (Lipinski definition) is 4. The second kappa shape index (κ2) is 9.24. The van der Waals surface area contributed by atoms with E-state index in [0.29, 0.717) is 0 Å². The molecule has 1 rings (SSSR count). The van der Waals surface area contributed by atoms with E-state index in [2.05, 4.69) is 21.3 Å². The molecular formula is C16H28N4O4. The van der Waals surface area contributed by atoms with E-state index in [9.17, 15) is 19.2 Å². The van der Waals surface area contributed by atoms with Gasteiger partial charge >= 0.3 is 0 Å². The molecule has 0 aliphatic carbocycles. The van der Waals surface area contributed by atoms with Crippen molar-refractivity contribution in [1.82, 2.24) is 21.3 Å². The Kier molecular flexibility index (Phi) is 7.67. The molecule has 8 heteroatoms. The summed E-state index contributed by atoms with van der Waals surface area (Å²) in [6.07, 6.45) is 0.535. The molecule has 1 heterocycles. The quantitative estimate of drug-likeness (QED) is 0.479. The average molecular weight is 340 g/mol. The van der Waals surface area contributed by atoms with Gasteiger partial charge in [0.15, 0.2) is 0 Å². The van der Waals surface area contributed by atoms with Gasteiger partial charge in [0, 0.05) is 49.9 Å². The Balaban J connectivity index is 2.76. The van der Waals surface area contributed by atoms with E-state index in [-0.39, 0.29) is 73.5 Å². The Morgan fingerprint density at radius 2 is 0.667 bits per heavy atom. The molecule has 0 spiro atoms. The molecule has 4 atom stereocenters. The van der Waals surface area contributed by atoms with E-state index in [1.54, 1.807) is 27.7 Å². The SMILES string of the molecule is CC1CC(=O)N[C@H](C)CC(=O)N[C@@H](C)CC(=O)N[C@H](C)CC(=O)N1. The summed E-state index contributed by atoms with van der Waals surface area (Å²) >= 11 is 0. The third-order valence-electron chi connectivity index (χ3n) is 3.60. The Bertz CT molecular complexity index is 374. The lowest BCUT2D eigenvalue weighted by Gasteiger charge is -2.21. The zero-order chi connectivity index (χ0) is 18.3. The summed E-state index contributed by atoms with van der Waals surface area (Å²) in [7, 11) is 0. The Hall–Kier alpha value is -2.12. The third-order valence-corrected chi connectivity index (χ3v) is 3.60. The van der Waals surface area contributed by atoms with Crippen LogP contribution in [0.1, 0.15) is 53.4 Å². The van der Waals surface area contributed by atoms with E-state index < -0.39 is 0 Å². The highest BCUT2D eigenvalue weighted by molar-refractivity contribution is 5.83. The van der Waals surface area contributed by atoms with Crippen molar-refractivity contribution in [1.29, 1.82) is 0 Å². The molecule has 0 bridgehead atoms. The van der Waals surface area contributed by atoms with Crippen LogP contribution in [0.15, 0.2) is 0 Å². The average Bonchev–Trinajstić information content (AvgIpc) is 2.34.